The lowest BCUT2D eigenvalue weighted by Gasteiger charge is -2.04. The Hall–Kier alpha value is -0.400. The normalized spacial score (nSPS) is 11.9. The Morgan fingerprint density at radius 1 is 1.47 bits per heavy atom. The van der Waals surface area contributed by atoms with E-state index in [9.17, 15) is 8.42 Å². The van der Waals surface area contributed by atoms with E-state index >= 15 is 0 Å². The minimum Gasteiger partial charge on any atom is -0.360 e. The SMILES string of the molecule is Cc1noc(C)c1S(=O)(=O)NCCCBr. The summed E-state index contributed by atoms with van der Waals surface area (Å²) in [6.45, 7) is 3.59. The summed E-state index contributed by atoms with van der Waals surface area (Å²) in [5.41, 5.74) is 0.388. The Morgan fingerprint density at radius 3 is 2.60 bits per heavy atom. The van der Waals surface area contributed by atoms with Gasteiger partial charge >= 0.3 is 0 Å². The van der Waals surface area contributed by atoms with Gasteiger partial charge in [-0.1, -0.05) is 21.1 Å². The van der Waals surface area contributed by atoms with Crippen molar-refractivity contribution < 1.29 is 12.9 Å². The second-order valence-corrected chi connectivity index (χ2v) is 5.59. The first-order valence-corrected chi connectivity index (χ1v) is 7.08. The summed E-state index contributed by atoms with van der Waals surface area (Å²) in [5.74, 6) is 0.318. The number of halogens is 1. The van der Waals surface area contributed by atoms with Crippen molar-refractivity contribution in [1.82, 2.24) is 9.88 Å². The molecule has 0 spiro atoms. The van der Waals surface area contributed by atoms with Gasteiger partial charge in [0.05, 0.1) is 0 Å². The molecule has 0 saturated carbocycles. The van der Waals surface area contributed by atoms with Gasteiger partial charge in [0.1, 0.15) is 10.6 Å². The number of hydrogen-bond acceptors (Lipinski definition) is 4. The third kappa shape index (κ3) is 3.02. The van der Waals surface area contributed by atoms with Crippen molar-refractivity contribution in [2.24, 2.45) is 0 Å². The third-order valence-corrected chi connectivity index (χ3v) is 4.10. The number of nitrogens with one attached hydrogen (secondary N) is 1. The molecule has 0 radical (unpaired) electrons. The van der Waals surface area contributed by atoms with Gasteiger partial charge < -0.3 is 4.52 Å². The summed E-state index contributed by atoms with van der Waals surface area (Å²) in [5, 5.41) is 4.37. The maximum atomic E-state index is 11.8. The summed E-state index contributed by atoms with van der Waals surface area (Å²) in [7, 11) is -3.48. The molecule has 15 heavy (non-hydrogen) atoms. The lowest BCUT2D eigenvalue weighted by atomic mass is 10.4. The fourth-order valence-electron chi connectivity index (χ4n) is 1.20. The minimum absolute atomic E-state index is 0.150. The van der Waals surface area contributed by atoms with E-state index in [0.717, 1.165) is 11.8 Å². The number of rotatable bonds is 5. The van der Waals surface area contributed by atoms with Gasteiger partial charge in [-0.2, -0.15) is 0 Å². The molecule has 0 amide bonds. The summed E-state index contributed by atoms with van der Waals surface area (Å²) >= 11 is 3.23. The molecule has 5 nitrogen and oxygen atoms in total. The molecular weight excluding hydrogens is 284 g/mol. The lowest BCUT2D eigenvalue weighted by Crippen LogP contribution is -2.25. The standard InChI is InChI=1S/C8H13BrN2O3S/c1-6-8(7(2)14-11-6)15(12,13)10-5-3-4-9/h10H,3-5H2,1-2H3. The quantitative estimate of drug-likeness (QED) is 0.658. The Balaban J connectivity index is 2.87. The number of alkyl halides is 1. The molecule has 0 aromatic carbocycles. The Bertz CT molecular complexity index is 408. The predicted molar refractivity (Wildman–Crippen MR) is 59.6 cm³/mol. The second kappa shape index (κ2) is 5.09. The average Bonchev–Trinajstić information content (AvgIpc) is 2.46. The highest BCUT2D eigenvalue weighted by molar-refractivity contribution is 9.09. The van der Waals surface area contributed by atoms with Crippen LogP contribution in [0, 0.1) is 13.8 Å². The van der Waals surface area contributed by atoms with Crippen molar-refractivity contribution in [1.29, 1.82) is 0 Å². The first-order chi connectivity index (χ1) is 6.99. The molecule has 0 atom stereocenters. The minimum atomic E-state index is -3.48. The van der Waals surface area contributed by atoms with Crippen LogP contribution < -0.4 is 4.72 Å². The van der Waals surface area contributed by atoms with Crippen LogP contribution >= 0.6 is 15.9 Å². The summed E-state index contributed by atoms with van der Waals surface area (Å²) < 4.78 is 30.9. The predicted octanol–water partition coefficient (Wildman–Crippen LogP) is 1.35. The van der Waals surface area contributed by atoms with Crippen LogP contribution in [-0.2, 0) is 10.0 Å². The molecule has 7 heteroatoms. The van der Waals surface area contributed by atoms with Crippen LogP contribution in [-0.4, -0.2) is 25.4 Å². The van der Waals surface area contributed by atoms with E-state index in [1.165, 1.54) is 0 Å². The number of hydrogen-bond donors (Lipinski definition) is 1. The molecular formula is C8H13BrN2O3S. The maximum absolute atomic E-state index is 11.8. The van der Waals surface area contributed by atoms with Crippen LogP contribution in [0.4, 0.5) is 0 Å². The highest BCUT2D eigenvalue weighted by atomic mass is 79.9. The number of sulfonamides is 1. The van der Waals surface area contributed by atoms with E-state index in [-0.39, 0.29) is 4.90 Å². The van der Waals surface area contributed by atoms with Crippen LogP contribution in [0.2, 0.25) is 0 Å². The first kappa shape index (κ1) is 12.7. The van der Waals surface area contributed by atoms with E-state index in [1.54, 1.807) is 13.8 Å². The van der Waals surface area contributed by atoms with Gasteiger partial charge in [0.2, 0.25) is 10.0 Å². The van der Waals surface area contributed by atoms with E-state index in [4.69, 9.17) is 4.52 Å². The highest BCUT2D eigenvalue weighted by Crippen LogP contribution is 2.18. The van der Waals surface area contributed by atoms with Gasteiger partial charge in [-0.25, -0.2) is 13.1 Å². The van der Waals surface area contributed by atoms with Crippen LogP contribution in [0.3, 0.4) is 0 Å². The number of aryl methyl sites for hydroxylation is 2. The zero-order valence-electron chi connectivity index (χ0n) is 8.58. The molecule has 0 aliphatic rings. The number of aromatic nitrogens is 1. The van der Waals surface area contributed by atoms with Gasteiger partial charge in [-0.05, 0) is 20.3 Å². The fraction of sp³-hybridized carbons (Fsp3) is 0.625. The molecule has 0 fully saturated rings. The topological polar surface area (TPSA) is 72.2 Å². The van der Waals surface area contributed by atoms with Crippen molar-refractivity contribution in [3.05, 3.63) is 11.5 Å². The molecule has 0 unspecified atom stereocenters. The van der Waals surface area contributed by atoms with Gasteiger partial charge in [0, 0.05) is 11.9 Å². The van der Waals surface area contributed by atoms with E-state index in [0.29, 0.717) is 18.0 Å². The van der Waals surface area contributed by atoms with E-state index in [1.807, 2.05) is 0 Å². The highest BCUT2D eigenvalue weighted by Gasteiger charge is 2.23. The summed E-state index contributed by atoms with van der Waals surface area (Å²) in [6, 6.07) is 0. The molecule has 0 aliphatic heterocycles. The Labute approximate surface area is 97.4 Å². The number of nitrogens with zero attached hydrogens (tertiary/aromatic N) is 1. The largest absolute Gasteiger partial charge is 0.360 e. The monoisotopic (exact) mass is 296 g/mol. The zero-order chi connectivity index (χ0) is 11.5. The molecule has 0 bridgehead atoms. The van der Waals surface area contributed by atoms with Crippen molar-refractivity contribution in [3.8, 4) is 0 Å². The average molecular weight is 297 g/mol. The Kier molecular flexibility index (Phi) is 4.30. The van der Waals surface area contributed by atoms with E-state index < -0.39 is 10.0 Å². The van der Waals surface area contributed by atoms with Crippen molar-refractivity contribution >= 4 is 26.0 Å². The lowest BCUT2D eigenvalue weighted by molar-refractivity contribution is 0.390. The molecule has 0 aliphatic carbocycles. The zero-order valence-corrected chi connectivity index (χ0v) is 11.0. The first-order valence-electron chi connectivity index (χ1n) is 4.47. The van der Waals surface area contributed by atoms with Crippen molar-refractivity contribution in [3.63, 3.8) is 0 Å². The second-order valence-electron chi connectivity index (χ2n) is 3.09. The molecule has 1 aromatic rings. The molecule has 1 rings (SSSR count). The van der Waals surface area contributed by atoms with Gasteiger partial charge in [-0.15, -0.1) is 0 Å². The van der Waals surface area contributed by atoms with E-state index in [2.05, 4.69) is 25.8 Å². The fourth-order valence-corrected chi connectivity index (χ4v) is 2.88. The molecule has 1 heterocycles. The van der Waals surface area contributed by atoms with Crippen LogP contribution in [0.15, 0.2) is 9.42 Å². The molecule has 0 saturated heterocycles. The van der Waals surface area contributed by atoms with Gasteiger partial charge in [0.25, 0.3) is 0 Å². The van der Waals surface area contributed by atoms with Crippen LogP contribution in [0.5, 0.6) is 0 Å². The van der Waals surface area contributed by atoms with Crippen LogP contribution in [0.1, 0.15) is 17.9 Å². The molecule has 1 aromatic heterocycles. The molecule has 1 N–H and O–H groups in total. The van der Waals surface area contributed by atoms with Gasteiger partial charge in [0.15, 0.2) is 5.76 Å². The van der Waals surface area contributed by atoms with Crippen molar-refractivity contribution in [2.45, 2.75) is 25.2 Å². The van der Waals surface area contributed by atoms with Crippen molar-refractivity contribution in [2.75, 3.05) is 11.9 Å². The third-order valence-electron chi connectivity index (χ3n) is 1.84. The van der Waals surface area contributed by atoms with Gasteiger partial charge in [-0.3, -0.25) is 0 Å². The van der Waals surface area contributed by atoms with Crippen LogP contribution in [0.25, 0.3) is 0 Å². The Morgan fingerprint density at radius 2 is 2.13 bits per heavy atom. The summed E-state index contributed by atoms with van der Waals surface area (Å²) in [6.07, 6.45) is 0.739. The smallest absolute Gasteiger partial charge is 0.245 e. The maximum Gasteiger partial charge on any atom is 0.245 e. The summed E-state index contributed by atoms with van der Waals surface area (Å²) in [4.78, 5) is 0.150. The molecule has 86 valence electrons.